The number of rotatable bonds is 5. The molecular formula is C13H20FN3S. The maximum absolute atomic E-state index is 12.7. The Hall–Kier alpha value is -1.23. The second-order valence-electron chi connectivity index (χ2n) is 4.10. The molecule has 0 bridgehead atoms. The Morgan fingerprint density at radius 2 is 2.00 bits per heavy atom. The largest absolute Gasteiger partial charge is 0.356 e. The molecule has 0 aliphatic carbocycles. The van der Waals surface area contributed by atoms with Gasteiger partial charge in [0.15, 0.2) is 5.96 Å². The summed E-state index contributed by atoms with van der Waals surface area (Å²) in [5, 5.41) is 6.44. The number of guanidine groups is 1. The van der Waals surface area contributed by atoms with Crippen LogP contribution < -0.4 is 10.6 Å². The quantitative estimate of drug-likeness (QED) is 0.373. The van der Waals surface area contributed by atoms with Crippen molar-refractivity contribution in [3.8, 4) is 0 Å². The van der Waals surface area contributed by atoms with Crippen LogP contribution in [0.5, 0.6) is 0 Å². The van der Waals surface area contributed by atoms with Gasteiger partial charge in [-0.3, -0.25) is 4.99 Å². The first kappa shape index (κ1) is 14.8. The van der Waals surface area contributed by atoms with Crippen LogP contribution in [0.1, 0.15) is 13.8 Å². The fraction of sp³-hybridized carbons (Fsp3) is 0.462. The van der Waals surface area contributed by atoms with Gasteiger partial charge in [-0.1, -0.05) is 0 Å². The topological polar surface area (TPSA) is 36.4 Å². The number of thioether (sulfide) groups is 1. The molecule has 0 aliphatic rings. The molecule has 0 saturated heterocycles. The fourth-order valence-corrected chi connectivity index (χ4v) is 2.11. The average Bonchev–Trinajstić information content (AvgIpc) is 2.34. The van der Waals surface area contributed by atoms with Crippen molar-refractivity contribution in [1.29, 1.82) is 0 Å². The van der Waals surface area contributed by atoms with Gasteiger partial charge in [-0.15, -0.1) is 11.8 Å². The number of halogens is 1. The van der Waals surface area contributed by atoms with Gasteiger partial charge in [-0.05, 0) is 38.1 Å². The van der Waals surface area contributed by atoms with Crippen molar-refractivity contribution in [2.45, 2.75) is 24.8 Å². The summed E-state index contributed by atoms with van der Waals surface area (Å²) in [4.78, 5) is 5.19. The molecule has 0 heterocycles. The summed E-state index contributed by atoms with van der Waals surface area (Å²) in [6, 6.07) is 6.91. The van der Waals surface area contributed by atoms with E-state index in [1.807, 2.05) is 0 Å². The van der Waals surface area contributed by atoms with E-state index in [-0.39, 0.29) is 5.82 Å². The minimum atomic E-state index is -0.195. The molecule has 0 unspecified atom stereocenters. The van der Waals surface area contributed by atoms with Crippen molar-refractivity contribution in [1.82, 2.24) is 10.6 Å². The molecule has 0 saturated carbocycles. The summed E-state index contributed by atoms with van der Waals surface area (Å²) >= 11 is 1.69. The van der Waals surface area contributed by atoms with Gasteiger partial charge in [-0.25, -0.2) is 4.39 Å². The van der Waals surface area contributed by atoms with Gasteiger partial charge in [-0.2, -0.15) is 0 Å². The van der Waals surface area contributed by atoms with E-state index >= 15 is 0 Å². The van der Waals surface area contributed by atoms with E-state index in [4.69, 9.17) is 0 Å². The standard InChI is InChI=1S/C13H20FN3S/c1-10(2)17-13(15-3)16-8-9-18-12-6-4-11(14)5-7-12/h4-7,10H,8-9H2,1-3H3,(H2,15,16,17). The van der Waals surface area contributed by atoms with Crippen molar-refractivity contribution in [3.63, 3.8) is 0 Å². The molecule has 0 aromatic heterocycles. The summed E-state index contributed by atoms with van der Waals surface area (Å²) < 4.78 is 12.7. The normalized spacial score (nSPS) is 11.7. The van der Waals surface area contributed by atoms with Crippen molar-refractivity contribution < 1.29 is 4.39 Å². The fourth-order valence-electron chi connectivity index (χ4n) is 1.34. The van der Waals surface area contributed by atoms with Gasteiger partial charge in [0.1, 0.15) is 5.82 Å². The third-order valence-corrected chi connectivity index (χ3v) is 3.14. The third kappa shape index (κ3) is 5.91. The lowest BCUT2D eigenvalue weighted by Crippen LogP contribution is -2.41. The summed E-state index contributed by atoms with van der Waals surface area (Å²) in [7, 11) is 1.75. The van der Waals surface area contributed by atoms with Gasteiger partial charge in [0.2, 0.25) is 0 Å². The molecule has 2 N–H and O–H groups in total. The Morgan fingerprint density at radius 3 is 2.56 bits per heavy atom. The van der Waals surface area contributed by atoms with Crippen LogP contribution in [-0.4, -0.2) is 31.3 Å². The highest BCUT2D eigenvalue weighted by atomic mass is 32.2. The average molecular weight is 269 g/mol. The number of nitrogens with one attached hydrogen (secondary N) is 2. The number of hydrogen-bond acceptors (Lipinski definition) is 2. The van der Waals surface area contributed by atoms with E-state index in [9.17, 15) is 4.39 Å². The van der Waals surface area contributed by atoms with Crippen LogP contribution in [0.25, 0.3) is 0 Å². The van der Waals surface area contributed by atoms with Crippen molar-refractivity contribution in [2.24, 2.45) is 4.99 Å². The molecule has 5 heteroatoms. The Balaban J connectivity index is 2.24. The van der Waals surface area contributed by atoms with Crippen LogP contribution in [0.4, 0.5) is 4.39 Å². The molecule has 1 rings (SSSR count). The molecule has 0 spiro atoms. The SMILES string of the molecule is CN=C(NCCSc1ccc(F)cc1)NC(C)C. The molecule has 0 atom stereocenters. The van der Waals surface area contributed by atoms with Gasteiger partial charge in [0.25, 0.3) is 0 Å². The zero-order valence-electron chi connectivity index (χ0n) is 11.0. The first-order chi connectivity index (χ1) is 8.61. The molecule has 0 radical (unpaired) electrons. The van der Waals surface area contributed by atoms with Gasteiger partial charge in [0.05, 0.1) is 0 Å². The minimum Gasteiger partial charge on any atom is -0.356 e. The highest BCUT2D eigenvalue weighted by Crippen LogP contribution is 2.16. The van der Waals surface area contributed by atoms with Crippen LogP contribution in [0.3, 0.4) is 0 Å². The third-order valence-electron chi connectivity index (χ3n) is 2.13. The lowest BCUT2D eigenvalue weighted by Gasteiger charge is -2.14. The number of aliphatic imine (C=N–C) groups is 1. The van der Waals surface area contributed by atoms with Crippen molar-refractivity contribution in [3.05, 3.63) is 30.1 Å². The van der Waals surface area contributed by atoms with Crippen molar-refractivity contribution in [2.75, 3.05) is 19.3 Å². The van der Waals surface area contributed by atoms with E-state index in [0.717, 1.165) is 23.2 Å². The first-order valence-electron chi connectivity index (χ1n) is 5.97. The molecule has 100 valence electrons. The maximum atomic E-state index is 12.7. The Kier molecular flexibility index (Phi) is 6.57. The van der Waals surface area contributed by atoms with Crippen LogP contribution in [-0.2, 0) is 0 Å². The lowest BCUT2D eigenvalue weighted by molar-refractivity contribution is 0.626. The lowest BCUT2D eigenvalue weighted by atomic mass is 10.4. The summed E-state index contributed by atoms with van der Waals surface area (Å²) in [6.07, 6.45) is 0. The zero-order chi connectivity index (χ0) is 13.4. The molecule has 0 fully saturated rings. The van der Waals surface area contributed by atoms with Crippen LogP contribution in [0.2, 0.25) is 0 Å². The van der Waals surface area contributed by atoms with E-state index in [1.165, 1.54) is 12.1 Å². The molecule has 3 nitrogen and oxygen atoms in total. The first-order valence-corrected chi connectivity index (χ1v) is 6.96. The monoisotopic (exact) mass is 269 g/mol. The number of benzene rings is 1. The van der Waals surface area contributed by atoms with Crippen LogP contribution >= 0.6 is 11.8 Å². The molecule has 1 aromatic rings. The predicted molar refractivity (Wildman–Crippen MR) is 76.8 cm³/mol. The highest BCUT2D eigenvalue weighted by Gasteiger charge is 1.99. The van der Waals surface area contributed by atoms with Gasteiger partial charge < -0.3 is 10.6 Å². The number of hydrogen-bond donors (Lipinski definition) is 2. The van der Waals surface area contributed by atoms with E-state index < -0.39 is 0 Å². The number of nitrogens with zero attached hydrogens (tertiary/aromatic N) is 1. The Bertz CT molecular complexity index is 376. The molecule has 0 amide bonds. The van der Waals surface area contributed by atoms with Crippen LogP contribution in [0, 0.1) is 5.82 Å². The van der Waals surface area contributed by atoms with E-state index in [1.54, 1.807) is 30.9 Å². The van der Waals surface area contributed by atoms with Crippen molar-refractivity contribution >= 4 is 17.7 Å². The maximum Gasteiger partial charge on any atom is 0.191 e. The molecule has 18 heavy (non-hydrogen) atoms. The second-order valence-corrected chi connectivity index (χ2v) is 5.27. The Morgan fingerprint density at radius 1 is 1.33 bits per heavy atom. The second kappa shape index (κ2) is 7.97. The molecule has 1 aromatic carbocycles. The zero-order valence-corrected chi connectivity index (χ0v) is 11.9. The predicted octanol–water partition coefficient (Wildman–Crippen LogP) is 2.49. The Labute approximate surface area is 112 Å². The summed E-state index contributed by atoms with van der Waals surface area (Å²) in [5.41, 5.74) is 0. The van der Waals surface area contributed by atoms with E-state index in [0.29, 0.717) is 6.04 Å². The van der Waals surface area contributed by atoms with Gasteiger partial charge >= 0.3 is 0 Å². The van der Waals surface area contributed by atoms with Gasteiger partial charge in [0, 0.05) is 30.3 Å². The smallest absolute Gasteiger partial charge is 0.191 e. The van der Waals surface area contributed by atoms with E-state index in [2.05, 4.69) is 29.5 Å². The minimum absolute atomic E-state index is 0.195. The molecular weight excluding hydrogens is 249 g/mol. The summed E-state index contributed by atoms with van der Waals surface area (Å²) in [6.45, 7) is 4.95. The van der Waals surface area contributed by atoms with Crippen LogP contribution in [0.15, 0.2) is 34.2 Å². The summed E-state index contributed by atoms with van der Waals surface area (Å²) in [5.74, 6) is 1.52. The highest BCUT2D eigenvalue weighted by molar-refractivity contribution is 7.99. The molecule has 0 aliphatic heterocycles.